The van der Waals surface area contributed by atoms with E-state index in [1.807, 2.05) is 61.5 Å². The third kappa shape index (κ3) is 4.16. The lowest BCUT2D eigenvalue weighted by molar-refractivity contribution is -0.122. The molecule has 1 atom stereocenters. The lowest BCUT2D eigenvalue weighted by Gasteiger charge is -2.15. The summed E-state index contributed by atoms with van der Waals surface area (Å²) in [5.74, 6) is 0.429. The normalized spacial score (nSPS) is 11.8. The molecule has 2 aromatic carbocycles. The predicted octanol–water partition coefficient (Wildman–Crippen LogP) is 4.11. The van der Waals surface area contributed by atoms with Crippen molar-refractivity contribution in [1.82, 2.24) is 4.98 Å². The number of nitrogens with two attached hydrogens (primary N) is 1. The highest BCUT2D eigenvalue weighted by atomic mass is 32.1. The van der Waals surface area contributed by atoms with Crippen LogP contribution in [0.5, 0.6) is 5.75 Å². The zero-order chi connectivity index (χ0) is 17.8. The standard InChI is InChI=1S/C19H19N3O2S/c1-12(18(23)21-15-6-4-3-5-7-15)24-16-10-8-14(9-11-16)17-13(2)25-19(20)22-17/h3-12H,1-2H3,(H2,20,22)(H,21,23). The molecule has 0 bridgehead atoms. The van der Waals surface area contributed by atoms with Crippen molar-refractivity contribution < 1.29 is 9.53 Å². The van der Waals surface area contributed by atoms with E-state index in [1.54, 1.807) is 6.92 Å². The summed E-state index contributed by atoms with van der Waals surface area (Å²) in [4.78, 5) is 17.6. The maximum absolute atomic E-state index is 12.2. The highest BCUT2D eigenvalue weighted by Crippen LogP contribution is 2.30. The van der Waals surface area contributed by atoms with E-state index in [9.17, 15) is 4.79 Å². The van der Waals surface area contributed by atoms with Crippen LogP contribution in [0.2, 0.25) is 0 Å². The first-order valence-electron chi connectivity index (χ1n) is 7.89. The highest BCUT2D eigenvalue weighted by Gasteiger charge is 2.15. The van der Waals surface area contributed by atoms with Crippen LogP contribution in [0.4, 0.5) is 10.8 Å². The minimum atomic E-state index is -0.609. The Morgan fingerprint density at radius 2 is 1.84 bits per heavy atom. The number of nitrogens with one attached hydrogen (secondary N) is 1. The highest BCUT2D eigenvalue weighted by molar-refractivity contribution is 7.15. The lowest BCUT2D eigenvalue weighted by atomic mass is 10.1. The average molecular weight is 353 g/mol. The van der Waals surface area contributed by atoms with Crippen LogP contribution in [0.3, 0.4) is 0 Å². The minimum Gasteiger partial charge on any atom is -0.481 e. The molecule has 3 rings (SSSR count). The number of rotatable bonds is 5. The van der Waals surface area contributed by atoms with Crippen molar-refractivity contribution in [2.75, 3.05) is 11.1 Å². The fraction of sp³-hybridized carbons (Fsp3) is 0.158. The van der Waals surface area contributed by atoms with Crippen LogP contribution in [-0.2, 0) is 4.79 Å². The fourth-order valence-corrected chi connectivity index (χ4v) is 3.11. The summed E-state index contributed by atoms with van der Waals surface area (Å²) in [6.07, 6.45) is -0.609. The molecular formula is C19H19N3O2S. The van der Waals surface area contributed by atoms with E-state index < -0.39 is 6.10 Å². The number of aryl methyl sites for hydroxylation is 1. The molecule has 1 heterocycles. The summed E-state index contributed by atoms with van der Waals surface area (Å²) < 4.78 is 5.72. The summed E-state index contributed by atoms with van der Waals surface area (Å²) in [6, 6.07) is 16.8. The van der Waals surface area contributed by atoms with Gasteiger partial charge in [0.05, 0.1) is 5.69 Å². The number of hydrogen-bond acceptors (Lipinski definition) is 5. The second-order valence-corrected chi connectivity index (χ2v) is 6.83. The topological polar surface area (TPSA) is 77.2 Å². The molecule has 0 aliphatic carbocycles. The second-order valence-electron chi connectivity index (χ2n) is 5.60. The van der Waals surface area contributed by atoms with E-state index in [-0.39, 0.29) is 5.91 Å². The van der Waals surface area contributed by atoms with E-state index in [2.05, 4.69) is 10.3 Å². The number of para-hydroxylation sites is 1. The van der Waals surface area contributed by atoms with Gasteiger partial charge in [0.25, 0.3) is 5.91 Å². The summed E-state index contributed by atoms with van der Waals surface area (Å²) in [6.45, 7) is 3.71. The molecule has 0 radical (unpaired) electrons. The zero-order valence-corrected chi connectivity index (χ0v) is 14.8. The van der Waals surface area contributed by atoms with Crippen molar-refractivity contribution in [2.45, 2.75) is 20.0 Å². The van der Waals surface area contributed by atoms with Gasteiger partial charge in [-0.2, -0.15) is 0 Å². The van der Waals surface area contributed by atoms with E-state index >= 15 is 0 Å². The van der Waals surface area contributed by atoms with Crippen LogP contribution < -0.4 is 15.8 Å². The SMILES string of the molecule is Cc1sc(N)nc1-c1ccc(OC(C)C(=O)Nc2ccccc2)cc1. The lowest BCUT2D eigenvalue weighted by Crippen LogP contribution is -2.30. The number of benzene rings is 2. The monoisotopic (exact) mass is 353 g/mol. The Morgan fingerprint density at radius 1 is 1.16 bits per heavy atom. The molecule has 25 heavy (non-hydrogen) atoms. The van der Waals surface area contributed by atoms with E-state index in [1.165, 1.54) is 11.3 Å². The summed E-state index contributed by atoms with van der Waals surface area (Å²) in [5, 5.41) is 3.38. The summed E-state index contributed by atoms with van der Waals surface area (Å²) in [5.41, 5.74) is 8.34. The van der Waals surface area contributed by atoms with E-state index in [4.69, 9.17) is 10.5 Å². The molecule has 128 valence electrons. The molecule has 0 spiro atoms. The van der Waals surface area contributed by atoms with Gasteiger partial charge in [-0.3, -0.25) is 4.79 Å². The number of carbonyl (C=O) groups excluding carboxylic acids is 1. The van der Waals surface area contributed by atoms with Gasteiger partial charge >= 0.3 is 0 Å². The van der Waals surface area contributed by atoms with Gasteiger partial charge in [0.1, 0.15) is 5.75 Å². The predicted molar refractivity (Wildman–Crippen MR) is 102 cm³/mol. The van der Waals surface area contributed by atoms with Gasteiger partial charge in [0.15, 0.2) is 11.2 Å². The molecule has 0 saturated heterocycles. The number of amides is 1. The molecule has 0 saturated carbocycles. The van der Waals surface area contributed by atoms with Gasteiger partial charge in [-0.25, -0.2) is 4.98 Å². The molecule has 6 heteroatoms. The average Bonchev–Trinajstić information content (AvgIpc) is 2.95. The molecule has 1 aromatic heterocycles. The van der Waals surface area contributed by atoms with Gasteiger partial charge in [-0.05, 0) is 50.2 Å². The third-order valence-corrected chi connectivity index (χ3v) is 4.46. The molecule has 3 N–H and O–H groups in total. The first-order chi connectivity index (χ1) is 12.0. The first-order valence-corrected chi connectivity index (χ1v) is 8.70. The number of nitrogens with zero attached hydrogens (tertiary/aromatic N) is 1. The van der Waals surface area contributed by atoms with Crippen LogP contribution in [0.15, 0.2) is 54.6 Å². The van der Waals surface area contributed by atoms with Gasteiger partial charge in [0, 0.05) is 16.1 Å². The van der Waals surface area contributed by atoms with Crippen LogP contribution >= 0.6 is 11.3 Å². The van der Waals surface area contributed by atoms with Crippen LogP contribution in [0.25, 0.3) is 11.3 Å². The Labute approximate surface area is 150 Å². The van der Waals surface area contributed by atoms with E-state index in [0.29, 0.717) is 10.9 Å². The van der Waals surface area contributed by atoms with Crippen molar-refractivity contribution in [1.29, 1.82) is 0 Å². The Bertz CT molecular complexity index is 860. The Hall–Kier alpha value is -2.86. The van der Waals surface area contributed by atoms with Crippen molar-refractivity contribution in [3.05, 3.63) is 59.5 Å². The number of carbonyl (C=O) groups is 1. The Balaban J connectivity index is 1.64. The quantitative estimate of drug-likeness (QED) is 0.724. The number of aromatic nitrogens is 1. The second kappa shape index (κ2) is 7.36. The molecule has 0 fully saturated rings. The van der Waals surface area contributed by atoms with Gasteiger partial charge in [0.2, 0.25) is 0 Å². The number of hydrogen-bond donors (Lipinski definition) is 2. The van der Waals surface area contributed by atoms with Crippen molar-refractivity contribution in [2.24, 2.45) is 0 Å². The van der Waals surface area contributed by atoms with Gasteiger partial charge in [-0.1, -0.05) is 18.2 Å². The summed E-state index contributed by atoms with van der Waals surface area (Å²) >= 11 is 1.47. The van der Waals surface area contributed by atoms with Crippen LogP contribution in [-0.4, -0.2) is 17.0 Å². The molecule has 0 aliphatic heterocycles. The number of ether oxygens (including phenoxy) is 1. The van der Waals surface area contributed by atoms with Gasteiger partial charge in [-0.15, -0.1) is 11.3 Å². The number of nitrogen functional groups attached to an aromatic ring is 1. The summed E-state index contributed by atoms with van der Waals surface area (Å²) in [7, 11) is 0. The molecule has 0 aliphatic rings. The van der Waals surface area contributed by atoms with Crippen molar-refractivity contribution in [3.63, 3.8) is 0 Å². The molecular weight excluding hydrogens is 334 g/mol. The maximum atomic E-state index is 12.2. The molecule has 3 aromatic rings. The fourth-order valence-electron chi connectivity index (χ4n) is 2.40. The van der Waals surface area contributed by atoms with Crippen LogP contribution in [0.1, 0.15) is 11.8 Å². The van der Waals surface area contributed by atoms with Gasteiger partial charge < -0.3 is 15.8 Å². The third-order valence-electron chi connectivity index (χ3n) is 3.66. The maximum Gasteiger partial charge on any atom is 0.265 e. The number of anilines is 2. The smallest absolute Gasteiger partial charge is 0.265 e. The molecule has 1 unspecified atom stereocenters. The van der Waals surface area contributed by atoms with Crippen LogP contribution in [0, 0.1) is 6.92 Å². The van der Waals surface area contributed by atoms with E-state index in [0.717, 1.165) is 21.8 Å². The van der Waals surface area contributed by atoms with Crippen molar-refractivity contribution >= 4 is 28.1 Å². The Morgan fingerprint density at radius 3 is 2.44 bits per heavy atom. The minimum absolute atomic E-state index is 0.196. The zero-order valence-electron chi connectivity index (χ0n) is 14.0. The largest absolute Gasteiger partial charge is 0.481 e. The first kappa shape index (κ1) is 17.0. The molecule has 1 amide bonds. The van der Waals surface area contributed by atoms with Crippen molar-refractivity contribution in [3.8, 4) is 17.0 Å². The Kier molecular flexibility index (Phi) is 5.00. The molecule has 5 nitrogen and oxygen atoms in total. The number of thiazole rings is 1.